The molecule has 9 heteroatoms. The van der Waals surface area contributed by atoms with Crippen molar-refractivity contribution < 1.29 is 19.9 Å². The predicted molar refractivity (Wildman–Crippen MR) is 68.1 cm³/mol. The number of carbonyl (C=O) groups is 1. The van der Waals surface area contributed by atoms with Crippen LogP contribution < -0.4 is 0 Å². The summed E-state index contributed by atoms with van der Waals surface area (Å²) in [7, 11) is 0. The third-order valence-corrected chi connectivity index (χ3v) is 2.66. The minimum atomic E-state index is -1.51. The maximum Gasteiger partial charge on any atom is 0.276 e. The number of hydrogen-bond acceptors (Lipinski definition) is 6. The number of carbonyl (C=O) groups excluding carboxylic acids is 1. The van der Waals surface area contributed by atoms with E-state index in [0.717, 1.165) is 6.07 Å². The van der Waals surface area contributed by atoms with E-state index in [9.17, 15) is 25.1 Å². The third kappa shape index (κ3) is 3.75. The number of nitro groups is 1. The fourth-order valence-corrected chi connectivity index (χ4v) is 1.64. The molecule has 9 nitrogen and oxygen atoms in total. The maximum atomic E-state index is 10.9. The molecule has 0 saturated heterocycles. The number of aliphatic hydroxyl groups excluding tert-OH is 2. The number of benzene rings is 1. The van der Waals surface area contributed by atoms with Crippen LogP contribution in [0.4, 0.5) is 5.69 Å². The van der Waals surface area contributed by atoms with Gasteiger partial charge in [-0.3, -0.25) is 14.9 Å². The van der Waals surface area contributed by atoms with E-state index in [-0.39, 0.29) is 24.1 Å². The van der Waals surface area contributed by atoms with Crippen molar-refractivity contribution in [2.45, 2.75) is 18.6 Å². The second-order valence-corrected chi connectivity index (χ2v) is 3.95. The highest BCUT2D eigenvalue weighted by atomic mass is 16.6. The average Bonchev–Trinajstić information content (AvgIpc) is 2.45. The van der Waals surface area contributed by atoms with Crippen LogP contribution in [0.2, 0.25) is 0 Å². The first-order chi connectivity index (χ1) is 9.51. The van der Waals surface area contributed by atoms with Gasteiger partial charge in [-0.05, 0) is 18.0 Å². The Morgan fingerprint density at radius 2 is 2.20 bits per heavy atom. The normalized spacial score (nSPS) is 13.1. The number of aliphatic hydroxyl groups is 2. The fourth-order valence-electron chi connectivity index (χ4n) is 1.64. The van der Waals surface area contributed by atoms with Gasteiger partial charge in [0.2, 0.25) is 0 Å². The lowest BCUT2D eigenvalue weighted by molar-refractivity contribution is -0.386. The standard InChI is InChI=1S/C11H12N4O5/c12-14-13-4-3-10(17)11(18)8-2-1-7(6-16)5-9(8)15(19)20/h1-2,5-6,10-11,17-18H,3-4H2. The second kappa shape index (κ2) is 7.19. The van der Waals surface area contributed by atoms with Gasteiger partial charge < -0.3 is 10.2 Å². The lowest BCUT2D eigenvalue weighted by Crippen LogP contribution is -2.20. The summed E-state index contributed by atoms with van der Waals surface area (Å²) in [4.78, 5) is 23.2. The Kier molecular flexibility index (Phi) is 5.60. The first-order valence-electron chi connectivity index (χ1n) is 5.61. The topological polar surface area (TPSA) is 149 Å². The molecule has 0 fully saturated rings. The van der Waals surface area contributed by atoms with E-state index in [4.69, 9.17) is 5.53 Å². The van der Waals surface area contributed by atoms with E-state index < -0.39 is 22.8 Å². The summed E-state index contributed by atoms with van der Waals surface area (Å²) in [6.45, 7) is -0.0467. The molecule has 0 saturated carbocycles. The van der Waals surface area contributed by atoms with Crippen LogP contribution in [0.25, 0.3) is 10.4 Å². The Balaban J connectivity index is 3.01. The zero-order valence-corrected chi connectivity index (χ0v) is 10.3. The van der Waals surface area contributed by atoms with Crippen LogP contribution in [0.5, 0.6) is 0 Å². The van der Waals surface area contributed by atoms with Gasteiger partial charge in [-0.25, -0.2) is 0 Å². The van der Waals surface area contributed by atoms with Gasteiger partial charge in [0, 0.05) is 23.1 Å². The van der Waals surface area contributed by atoms with Gasteiger partial charge in [0.1, 0.15) is 12.4 Å². The van der Waals surface area contributed by atoms with Gasteiger partial charge >= 0.3 is 0 Å². The van der Waals surface area contributed by atoms with E-state index in [1.54, 1.807) is 0 Å². The van der Waals surface area contributed by atoms with Gasteiger partial charge in [-0.1, -0.05) is 11.2 Å². The molecule has 0 amide bonds. The van der Waals surface area contributed by atoms with Crippen molar-refractivity contribution in [3.05, 3.63) is 49.9 Å². The summed E-state index contributed by atoms with van der Waals surface area (Å²) in [5.74, 6) is 0. The van der Waals surface area contributed by atoms with Crippen molar-refractivity contribution in [1.29, 1.82) is 0 Å². The van der Waals surface area contributed by atoms with Crippen LogP contribution in [0.3, 0.4) is 0 Å². The quantitative estimate of drug-likeness (QED) is 0.194. The number of nitro benzene ring substituents is 1. The van der Waals surface area contributed by atoms with Crippen LogP contribution in [0, 0.1) is 10.1 Å². The molecule has 106 valence electrons. The molecule has 0 spiro atoms. The van der Waals surface area contributed by atoms with Gasteiger partial charge in [0.15, 0.2) is 0 Å². The lowest BCUT2D eigenvalue weighted by atomic mass is 9.99. The summed E-state index contributed by atoms with van der Waals surface area (Å²) in [5.41, 5.74) is 7.64. The molecule has 0 aliphatic heterocycles. The number of aldehydes is 1. The molecule has 1 rings (SSSR count). The van der Waals surface area contributed by atoms with E-state index in [1.165, 1.54) is 12.1 Å². The second-order valence-electron chi connectivity index (χ2n) is 3.95. The highest BCUT2D eigenvalue weighted by Gasteiger charge is 2.26. The SMILES string of the molecule is [N-]=[N+]=NCCC(O)C(O)c1ccc(C=O)cc1[N+](=O)[O-]. The Bertz CT molecular complexity index is 556. The molecule has 0 aliphatic rings. The van der Waals surface area contributed by atoms with Crippen LogP contribution >= 0.6 is 0 Å². The summed E-state index contributed by atoms with van der Waals surface area (Å²) in [6.07, 6.45) is -2.43. The van der Waals surface area contributed by atoms with Crippen molar-refractivity contribution in [1.82, 2.24) is 0 Å². The van der Waals surface area contributed by atoms with Crippen molar-refractivity contribution in [3.8, 4) is 0 Å². The highest BCUT2D eigenvalue weighted by molar-refractivity contribution is 5.76. The van der Waals surface area contributed by atoms with Crippen molar-refractivity contribution in [2.75, 3.05) is 6.54 Å². The van der Waals surface area contributed by atoms with Gasteiger partial charge in [0.25, 0.3) is 5.69 Å². The monoisotopic (exact) mass is 280 g/mol. The molecule has 2 unspecified atom stereocenters. The summed E-state index contributed by atoms with van der Waals surface area (Å²) in [5, 5.41) is 33.7. The molecule has 0 bridgehead atoms. The Labute approximate surface area is 113 Å². The number of hydrogen-bond donors (Lipinski definition) is 2. The molecule has 20 heavy (non-hydrogen) atoms. The van der Waals surface area contributed by atoms with Gasteiger partial charge in [0.05, 0.1) is 16.6 Å². The number of nitrogens with zero attached hydrogens (tertiary/aromatic N) is 4. The molecule has 1 aromatic rings. The van der Waals surface area contributed by atoms with E-state index in [1.807, 2.05) is 0 Å². The summed E-state index contributed by atoms with van der Waals surface area (Å²) >= 11 is 0. The molecule has 2 atom stereocenters. The van der Waals surface area contributed by atoms with E-state index in [0.29, 0.717) is 6.29 Å². The zero-order chi connectivity index (χ0) is 15.1. The Morgan fingerprint density at radius 1 is 1.50 bits per heavy atom. The van der Waals surface area contributed by atoms with Crippen molar-refractivity contribution in [3.63, 3.8) is 0 Å². The molecule has 2 N–H and O–H groups in total. The van der Waals surface area contributed by atoms with Crippen molar-refractivity contribution in [2.24, 2.45) is 5.11 Å². The minimum absolute atomic E-state index is 0.0438. The Morgan fingerprint density at radius 3 is 2.75 bits per heavy atom. The zero-order valence-electron chi connectivity index (χ0n) is 10.3. The van der Waals surface area contributed by atoms with Crippen LogP contribution in [-0.2, 0) is 0 Å². The molecule has 0 heterocycles. The molecular formula is C11H12N4O5. The van der Waals surface area contributed by atoms with Crippen molar-refractivity contribution >= 4 is 12.0 Å². The van der Waals surface area contributed by atoms with Crippen LogP contribution in [0.15, 0.2) is 23.3 Å². The summed E-state index contributed by atoms with van der Waals surface area (Å²) in [6, 6.07) is 3.54. The Hall–Kier alpha value is -2.48. The smallest absolute Gasteiger partial charge is 0.276 e. The molecule has 1 aromatic carbocycles. The largest absolute Gasteiger partial charge is 0.390 e. The van der Waals surface area contributed by atoms with Crippen LogP contribution in [-0.4, -0.2) is 34.1 Å². The van der Waals surface area contributed by atoms with Crippen LogP contribution in [0.1, 0.15) is 28.4 Å². The maximum absolute atomic E-state index is 10.9. The number of rotatable bonds is 7. The van der Waals surface area contributed by atoms with Gasteiger partial charge in [-0.15, -0.1) is 0 Å². The molecular weight excluding hydrogens is 268 g/mol. The first kappa shape index (κ1) is 15.6. The molecule has 0 aliphatic carbocycles. The number of azide groups is 1. The van der Waals surface area contributed by atoms with E-state index in [2.05, 4.69) is 10.0 Å². The predicted octanol–water partition coefficient (Wildman–Crippen LogP) is 1.50. The third-order valence-electron chi connectivity index (χ3n) is 2.66. The average molecular weight is 280 g/mol. The fraction of sp³-hybridized carbons (Fsp3) is 0.364. The first-order valence-corrected chi connectivity index (χ1v) is 5.61. The lowest BCUT2D eigenvalue weighted by Gasteiger charge is -2.17. The minimum Gasteiger partial charge on any atom is -0.390 e. The van der Waals surface area contributed by atoms with Gasteiger partial charge in [-0.2, -0.15) is 0 Å². The van der Waals surface area contributed by atoms with E-state index >= 15 is 0 Å². The summed E-state index contributed by atoms with van der Waals surface area (Å²) < 4.78 is 0. The molecule has 0 radical (unpaired) electrons. The highest BCUT2D eigenvalue weighted by Crippen LogP contribution is 2.29. The molecule has 0 aromatic heterocycles.